The normalized spacial score (nSPS) is 49.6. The van der Waals surface area contributed by atoms with E-state index in [9.17, 15) is 0 Å². The lowest BCUT2D eigenvalue weighted by molar-refractivity contribution is 0.0395. The summed E-state index contributed by atoms with van der Waals surface area (Å²) in [6, 6.07) is 3.02. The largest absolute Gasteiger partial charge is 0.294 e. The van der Waals surface area contributed by atoms with Crippen LogP contribution in [0.4, 0.5) is 0 Å². The molecule has 6 unspecified atom stereocenters. The highest BCUT2D eigenvalue weighted by atomic mass is 15.3. The van der Waals surface area contributed by atoms with Gasteiger partial charge in [0.25, 0.3) is 0 Å². The molecule has 1 aliphatic heterocycles. The number of likely N-dealkylation sites (tertiary alicyclic amines) is 1. The molecule has 1 saturated heterocycles. The first-order valence-corrected chi connectivity index (χ1v) is 10.7. The lowest BCUT2D eigenvalue weighted by atomic mass is 9.77. The van der Waals surface area contributed by atoms with Crippen LogP contribution in [0.1, 0.15) is 89.9 Å². The maximum Gasteiger partial charge on any atom is 0.0164 e. The van der Waals surface area contributed by atoms with Gasteiger partial charge in [-0.3, -0.25) is 4.90 Å². The van der Waals surface area contributed by atoms with Crippen molar-refractivity contribution in [2.24, 2.45) is 23.7 Å². The van der Waals surface area contributed by atoms with Gasteiger partial charge in [0.2, 0.25) is 0 Å². The van der Waals surface area contributed by atoms with Crippen LogP contribution in [0.25, 0.3) is 0 Å². The number of nitrogens with zero attached hydrogens (tertiary/aromatic N) is 1. The Morgan fingerprint density at radius 1 is 0.545 bits per heavy atom. The molecule has 1 heteroatoms. The summed E-state index contributed by atoms with van der Waals surface area (Å²) in [5.41, 5.74) is 0. The molecular formula is C21H35N. The van der Waals surface area contributed by atoms with Crippen LogP contribution in [0.15, 0.2) is 0 Å². The van der Waals surface area contributed by atoms with Gasteiger partial charge in [-0.1, -0.05) is 51.4 Å². The van der Waals surface area contributed by atoms with Crippen molar-refractivity contribution in [2.75, 3.05) is 0 Å². The van der Waals surface area contributed by atoms with Crippen LogP contribution in [-0.2, 0) is 0 Å². The summed E-state index contributed by atoms with van der Waals surface area (Å²) in [6.07, 6.45) is 21.7. The third-order valence-electron chi connectivity index (χ3n) is 8.48. The number of hydrogen-bond donors (Lipinski definition) is 0. The van der Waals surface area contributed by atoms with Crippen LogP contribution in [-0.4, -0.2) is 23.0 Å². The quantitative estimate of drug-likeness (QED) is 0.628. The monoisotopic (exact) mass is 301 g/mol. The summed E-state index contributed by atoms with van der Waals surface area (Å²) in [7, 11) is 0. The Bertz CT molecular complexity index is 397. The Balaban J connectivity index is 1.46. The van der Waals surface area contributed by atoms with Gasteiger partial charge in [-0.25, -0.2) is 0 Å². The Kier molecular flexibility index (Phi) is 3.77. The molecule has 0 aromatic rings. The molecule has 5 fully saturated rings. The van der Waals surface area contributed by atoms with E-state index in [0.717, 1.165) is 41.8 Å². The molecule has 4 saturated carbocycles. The van der Waals surface area contributed by atoms with Crippen LogP contribution in [0.5, 0.6) is 0 Å². The average Bonchev–Trinajstić information content (AvgIpc) is 3.10. The van der Waals surface area contributed by atoms with Crippen molar-refractivity contribution in [1.82, 2.24) is 4.90 Å². The zero-order valence-electron chi connectivity index (χ0n) is 14.4. The SMILES string of the molecule is C1CCC(N2C3CCCCC3C3CC4CCCCC4C32)CC1. The lowest BCUT2D eigenvalue weighted by Gasteiger charge is -2.44. The van der Waals surface area contributed by atoms with Crippen molar-refractivity contribution in [1.29, 1.82) is 0 Å². The van der Waals surface area contributed by atoms with Gasteiger partial charge in [0, 0.05) is 18.1 Å². The summed E-state index contributed by atoms with van der Waals surface area (Å²) in [6.45, 7) is 0. The lowest BCUT2D eigenvalue weighted by Crippen LogP contribution is -2.49. The van der Waals surface area contributed by atoms with Crippen molar-refractivity contribution in [2.45, 2.75) is 108 Å². The highest BCUT2D eigenvalue weighted by Crippen LogP contribution is 2.58. The van der Waals surface area contributed by atoms with Crippen molar-refractivity contribution in [3.05, 3.63) is 0 Å². The second kappa shape index (κ2) is 5.80. The number of fused-ring (bicyclic) bond motifs is 5. The van der Waals surface area contributed by atoms with E-state index in [0.29, 0.717) is 0 Å². The molecule has 0 aromatic carbocycles. The van der Waals surface area contributed by atoms with E-state index in [1.807, 2.05) is 0 Å². The van der Waals surface area contributed by atoms with E-state index in [-0.39, 0.29) is 0 Å². The number of hydrogen-bond acceptors (Lipinski definition) is 1. The van der Waals surface area contributed by atoms with Gasteiger partial charge < -0.3 is 0 Å². The van der Waals surface area contributed by atoms with Crippen LogP contribution < -0.4 is 0 Å². The second-order valence-electron chi connectivity index (χ2n) is 9.35. The highest BCUT2D eigenvalue weighted by molar-refractivity contribution is 5.11. The fraction of sp³-hybridized carbons (Fsp3) is 1.00. The predicted molar refractivity (Wildman–Crippen MR) is 91.8 cm³/mol. The Morgan fingerprint density at radius 3 is 2.09 bits per heavy atom. The van der Waals surface area contributed by atoms with Crippen LogP contribution in [0, 0.1) is 23.7 Å². The van der Waals surface area contributed by atoms with E-state index in [1.54, 1.807) is 32.1 Å². The molecule has 0 bridgehead atoms. The number of rotatable bonds is 1. The molecule has 0 aromatic heterocycles. The minimum absolute atomic E-state index is 0.982. The Labute approximate surface area is 137 Å². The van der Waals surface area contributed by atoms with Gasteiger partial charge in [-0.2, -0.15) is 0 Å². The molecule has 4 aliphatic carbocycles. The predicted octanol–water partition coefficient (Wildman–Crippen LogP) is 5.39. The van der Waals surface area contributed by atoms with Gasteiger partial charge in [0.1, 0.15) is 0 Å². The standard InChI is InChI=1S/C21H35N/c1-2-9-16(10-3-1)22-20-13-7-6-12-18(20)19-14-15-8-4-5-11-17(15)21(19)22/h15-21H,1-14H2. The molecular weight excluding hydrogens is 266 g/mol. The van der Waals surface area contributed by atoms with E-state index >= 15 is 0 Å². The summed E-state index contributed by atoms with van der Waals surface area (Å²) in [4.78, 5) is 3.21. The first-order valence-electron chi connectivity index (χ1n) is 10.7. The highest BCUT2D eigenvalue weighted by Gasteiger charge is 2.58. The molecule has 6 atom stereocenters. The summed E-state index contributed by atoms with van der Waals surface area (Å²) in [5.74, 6) is 4.44. The summed E-state index contributed by atoms with van der Waals surface area (Å²) in [5, 5.41) is 0. The second-order valence-corrected chi connectivity index (χ2v) is 9.35. The van der Waals surface area contributed by atoms with Gasteiger partial charge in [-0.05, 0) is 62.2 Å². The molecule has 1 nitrogen and oxygen atoms in total. The molecule has 0 spiro atoms. The first kappa shape index (κ1) is 14.3. The minimum atomic E-state index is 0.982. The van der Waals surface area contributed by atoms with E-state index in [4.69, 9.17) is 0 Å². The molecule has 5 aliphatic rings. The zero-order valence-corrected chi connectivity index (χ0v) is 14.4. The molecule has 0 radical (unpaired) electrons. The molecule has 22 heavy (non-hydrogen) atoms. The van der Waals surface area contributed by atoms with Gasteiger partial charge in [0.15, 0.2) is 0 Å². The summed E-state index contributed by atoms with van der Waals surface area (Å²) >= 11 is 0. The van der Waals surface area contributed by atoms with Gasteiger partial charge in [-0.15, -0.1) is 0 Å². The van der Waals surface area contributed by atoms with Crippen molar-refractivity contribution < 1.29 is 0 Å². The van der Waals surface area contributed by atoms with E-state index < -0.39 is 0 Å². The van der Waals surface area contributed by atoms with E-state index in [2.05, 4.69) is 4.90 Å². The van der Waals surface area contributed by atoms with Gasteiger partial charge >= 0.3 is 0 Å². The smallest absolute Gasteiger partial charge is 0.0164 e. The first-order chi connectivity index (χ1) is 10.9. The van der Waals surface area contributed by atoms with Crippen LogP contribution in [0.3, 0.4) is 0 Å². The Morgan fingerprint density at radius 2 is 1.23 bits per heavy atom. The van der Waals surface area contributed by atoms with Crippen LogP contribution in [0.2, 0.25) is 0 Å². The molecule has 124 valence electrons. The maximum atomic E-state index is 3.21. The average molecular weight is 302 g/mol. The van der Waals surface area contributed by atoms with E-state index in [1.165, 1.54) is 57.8 Å². The summed E-state index contributed by atoms with van der Waals surface area (Å²) < 4.78 is 0. The molecule has 1 heterocycles. The molecule has 5 rings (SSSR count). The zero-order chi connectivity index (χ0) is 14.5. The van der Waals surface area contributed by atoms with Crippen molar-refractivity contribution in [3.63, 3.8) is 0 Å². The molecule has 0 N–H and O–H groups in total. The van der Waals surface area contributed by atoms with Crippen LogP contribution >= 0.6 is 0 Å². The minimum Gasteiger partial charge on any atom is -0.294 e. The van der Waals surface area contributed by atoms with Crippen molar-refractivity contribution in [3.8, 4) is 0 Å². The fourth-order valence-electron chi connectivity index (χ4n) is 7.78. The Hall–Kier alpha value is -0.0400. The molecule has 0 amide bonds. The fourth-order valence-corrected chi connectivity index (χ4v) is 7.78. The van der Waals surface area contributed by atoms with Gasteiger partial charge in [0.05, 0.1) is 0 Å². The topological polar surface area (TPSA) is 3.24 Å². The third-order valence-corrected chi connectivity index (χ3v) is 8.48. The maximum absolute atomic E-state index is 3.21. The van der Waals surface area contributed by atoms with Crippen molar-refractivity contribution >= 4 is 0 Å². The third kappa shape index (κ3) is 2.14.